The molecule has 3 N–H and O–H groups in total. The number of nitrogens with one attached hydrogen (secondary N) is 3. The number of furan rings is 1. The van der Waals surface area contributed by atoms with E-state index in [4.69, 9.17) is 23.6 Å². The Labute approximate surface area is 357 Å². The largest absolute Gasteiger partial charge is 0.462 e. The van der Waals surface area contributed by atoms with Gasteiger partial charge in [-0.25, -0.2) is 23.9 Å². The SMILES string of the molecule is COC(=O)N[C@H](C(=O)N1CCC[C@H]1c1ncc(-c2ccc3c(c2)OC(c2ccc(C)o2)n2c-3cc3cc(-c4cnc([C@@H]5C[C@@H](F)CN5C(=O)OC(C)(C)C)[nH]4)ccc32)[nH]1)C(C)C. The van der Waals surface area contributed by atoms with E-state index in [9.17, 15) is 18.8 Å². The lowest BCUT2D eigenvalue weighted by atomic mass is 10.0. The molecule has 16 heteroatoms. The fraction of sp³-hybridized carbons (Fsp3) is 0.413. The number of ether oxygens (including phenoxy) is 3. The molecule has 3 amide bonds. The summed E-state index contributed by atoms with van der Waals surface area (Å²) in [6.45, 7) is 11.5. The van der Waals surface area contributed by atoms with Gasteiger partial charge in [0.1, 0.15) is 41.0 Å². The number of hydrogen-bond donors (Lipinski definition) is 3. The number of H-pyrrole nitrogens is 2. The smallest absolute Gasteiger partial charge is 0.411 e. The van der Waals surface area contributed by atoms with E-state index in [0.717, 1.165) is 63.3 Å². The predicted molar refractivity (Wildman–Crippen MR) is 228 cm³/mol. The molecule has 0 saturated carbocycles. The Morgan fingerprint density at radius 3 is 2.32 bits per heavy atom. The highest BCUT2D eigenvalue weighted by atomic mass is 19.1. The number of halogens is 1. The van der Waals surface area contributed by atoms with E-state index in [1.165, 1.54) is 12.0 Å². The third-order valence-electron chi connectivity index (χ3n) is 11.8. The molecule has 2 aromatic carbocycles. The summed E-state index contributed by atoms with van der Waals surface area (Å²) >= 11 is 0. The molecule has 0 bridgehead atoms. The van der Waals surface area contributed by atoms with Crippen LogP contribution in [0.5, 0.6) is 5.75 Å². The minimum absolute atomic E-state index is 0.0541. The van der Waals surface area contributed by atoms with Crippen LogP contribution >= 0.6 is 0 Å². The van der Waals surface area contributed by atoms with Crippen LogP contribution in [0.3, 0.4) is 0 Å². The Morgan fingerprint density at radius 2 is 1.65 bits per heavy atom. The van der Waals surface area contributed by atoms with Gasteiger partial charge in [-0.05, 0) is 88.9 Å². The van der Waals surface area contributed by atoms with Crippen LogP contribution < -0.4 is 10.1 Å². The van der Waals surface area contributed by atoms with E-state index in [1.807, 2.05) is 63.2 Å². The Hall–Kier alpha value is -6.58. The minimum Gasteiger partial charge on any atom is -0.462 e. The summed E-state index contributed by atoms with van der Waals surface area (Å²) in [5, 5.41) is 3.66. The van der Waals surface area contributed by atoms with Gasteiger partial charge in [0.15, 0.2) is 5.76 Å². The predicted octanol–water partition coefficient (Wildman–Crippen LogP) is 8.99. The average Bonchev–Trinajstić information content (AvgIpc) is 4.09. The molecule has 4 aromatic heterocycles. The zero-order valence-electron chi connectivity index (χ0n) is 35.8. The van der Waals surface area contributed by atoms with Crippen molar-refractivity contribution in [2.75, 3.05) is 20.2 Å². The number of aryl methyl sites for hydroxylation is 1. The fourth-order valence-electron chi connectivity index (χ4n) is 8.87. The van der Waals surface area contributed by atoms with Crippen molar-refractivity contribution in [1.82, 2.24) is 39.6 Å². The van der Waals surface area contributed by atoms with Gasteiger partial charge in [0.2, 0.25) is 12.1 Å². The molecule has 6 aromatic rings. The quantitative estimate of drug-likeness (QED) is 0.135. The van der Waals surface area contributed by atoms with Crippen molar-refractivity contribution in [2.24, 2.45) is 5.92 Å². The monoisotopic (exact) mass is 846 g/mol. The number of benzene rings is 2. The van der Waals surface area contributed by atoms with E-state index >= 15 is 0 Å². The number of hydrogen-bond acceptors (Lipinski definition) is 9. The summed E-state index contributed by atoms with van der Waals surface area (Å²) in [7, 11) is 1.28. The van der Waals surface area contributed by atoms with Gasteiger partial charge in [-0.1, -0.05) is 26.0 Å². The van der Waals surface area contributed by atoms with Gasteiger partial charge in [0, 0.05) is 35.0 Å². The van der Waals surface area contributed by atoms with Crippen LogP contribution in [0.1, 0.15) is 95.4 Å². The molecule has 5 atom stereocenters. The van der Waals surface area contributed by atoms with E-state index in [2.05, 4.69) is 37.0 Å². The highest BCUT2D eigenvalue weighted by Gasteiger charge is 2.41. The first kappa shape index (κ1) is 40.8. The summed E-state index contributed by atoms with van der Waals surface area (Å²) in [6, 6.07) is 16.6. The van der Waals surface area contributed by atoms with Gasteiger partial charge in [-0.2, -0.15) is 0 Å². The van der Waals surface area contributed by atoms with Crippen LogP contribution in [0, 0.1) is 12.8 Å². The maximum atomic E-state index is 14.7. The minimum atomic E-state index is -1.18. The molecule has 0 spiro atoms. The number of alkyl halides is 1. The molecule has 2 fully saturated rings. The molecule has 9 rings (SSSR count). The van der Waals surface area contributed by atoms with Crippen molar-refractivity contribution < 1.29 is 37.4 Å². The second-order valence-electron chi connectivity index (χ2n) is 17.7. The first-order chi connectivity index (χ1) is 29.6. The van der Waals surface area contributed by atoms with Gasteiger partial charge in [0.25, 0.3) is 0 Å². The van der Waals surface area contributed by atoms with Crippen molar-refractivity contribution >= 4 is 29.0 Å². The van der Waals surface area contributed by atoms with Crippen LogP contribution in [0.2, 0.25) is 0 Å². The molecule has 0 radical (unpaired) electrons. The number of aromatic amines is 2. The highest BCUT2D eigenvalue weighted by Crippen LogP contribution is 2.46. The number of likely N-dealkylation sites (tertiary alicyclic amines) is 2. The van der Waals surface area contributed by atoms with Crippen molar-refractivity contribution in [2.45, 2.75) is 96.9 Å². The van der Waals surface area contributed by atoms with Gasteiger partial charge >= 0.3 is 12.2 Å². The fourth-order valence-corrected chi connectivity index (χ4v) is 8.87. The van der Waals surface area contributed by atoms with Gasteiger partial charge in [0.05, 0.1) is 60.7 Å². The Bertz CT molecular complexity index is 2670. The van der Waals surface area contributed by atoms with Gasteiger partial charge < -0.3 is 38.8 Å². The van der Waals surface area contributed by atoms with E-state index in [0.29, 0.717) is 29.7 Å². The van der Waals surface area contributed by atoms with Crippen molar-refractivity contribution in [3.63, 3.8) is 0 Å². The van der Waals surface area contributed by atoms with Gasteiger partial charge in [-0.3, -0.25) is 14.3 Å². The number of carbonyl (C=O) groups is 3. The van der Waals surface area contributed by atoms with Crippen LogP contribution in [-0.4, -0.2) is 90.4 Å². The average molecular weight is 847 g/mol. The molecule has 1 unspecified atom stereocenters. The number of imidazole rings is 2. The third-order valence-corrected chi connectivity index (χ3v) is 11.8. The zero-order chi connectivity index (χ0) is 43.6. The maximum absolute atomic E-state index is 14.7. The molecule has 2 saturated heterocycles. The number of alkyl carbamates (subject to hydrolysis) is 1. The summed E-state index contributed by atoms with van der Waals surface area (Å²) in [5.74, 6) is 2.93. The number of carbonyl (C=O) groups excluding carboxylic acids is 3. The number of rotatable bonds is 8. The summed E-state index contributed by atoms with van der Waals surface area (Å²) in [5.41, 5.74) is 5.28. The number of fused-ring (bicyclic) bond motifs is 5. The summed E-state index contributed by atoms with van der Waals surface area (Å²) in [6.07, 6.45) is 2.16. The first-order valence-electron chi connectivity index (χ1n) is 21.1. The van der Waals surface area contributed by atoms with Gasteiger partial charge in [-0.15, -0.1) is 0 Å². The number of amides is 3. The lowest BCUT2D eigenvalue weighted by molar-refractivity contribution is -0.135. The topological polar surface area (TPSA) is 173 Å². The number of nitrogens with zero attached hydrogens (tertiary/aromatic N) is 5. The summed E-state index contributed by atoms with van der Waals surface area (Å²) < 4.78 is 40.2. The molecular weight excluding hydrogens is 796 g/mol. The van der Waals surface area contributed by atoms with Crippen LogP contribution in [0.15, 0.2) is 71.4 Å². The second-order valence-corrected chi connectivity index (χ2v) is 17.7. The third kappa shape index (κ3) is 7.55. The van der Waals surface area contributed by atoms with E-state index in [1.54, 1.807) is 38.1 Å². The highest BCUT2D eigenvalue weighted by molar-refractivity contribution is 5.92. The molecule has 0 aliphatic carbocycles. The van der Waals surface area contributed by atoms with E-state index in [-0.39, 0.29) is 30.8 Å². The van der Waals surface area contributed by atoms with Crippen molar-refractivity contribution in [3.8, 4) is 39.5 Å². The Balaban J connectivity index is 1.02. The molecule has 62 heavy (non-hydrogen) atoms. The number of methoxy groups -OCH3 is 1. The Morgan fingerprint density at radius 1 is 0.935 bits per heavy atom. The van der Waals surface area contributed by atoms with Crippen LogP contribution in [-0.2, 0) is 14.3 Å². The standard InChI is InChI=1S/C46H51FN8O7/c1-24(2)39(52-44(57)59-7)42(56)53-16-8-9-34(53)40-48-22-32(50-40)27-11-13-30-35-18-28-17-26(12-14-33(28)55(35)43(61-38(30)19-27)37-15-10-25(3)60-37)31-21-49-41(51-31)36-20-29(47)23-54(36)45(58)62-46(4,5)6/h10-15,17-19,21-22,24,29,34,36,39,43H,8-9,16,20,23H2,1-7H3,(H,48,50)(H,49,51)(H,52,57)/t29-,34+,36+,39+,43?/m1/s1. The molecule has 7 heterocycles. The normalized spacial score (nSPS) is 20.3. The molecule has 3 aliphatic rings. The maximum Gasteiger partial charge on any atom is 0.411 e. The molecule has 3 aliphatic heterocycles. The van der Waals surface area contributed by atoms with Crippen molar-refractivity contribution in [1.29, 1.82) is 0 Å². The first-order valence-corrected chi connectivity index (χ1v) is 21.1. The number of aromatic nitrogens is 5. The lowest BCUT2D eigenvalue weighted by Crippen LogP contribution is -2.51. The molecule has 15 nitrogen and oxygen atoms in total. The van der Waals surface area contributed by atoms with E-state index < -0.39 is 42.3 Å². The summed E-state index contributed by atoms with van der Waals surface area (Å²) in [4.78, 5) is 58.2. The Kier molecular flexibility index (Phi) is 10.3. The molecular formula is C46H51FN8O7. The van der Waals surface area contributed by atoms with Crippen LogP contribution in [0.4, 0.5) is 14.0 Å². The second kappa shape index (κ2) is 15.7. The van der Waals surface area contributed by atoms with Crippen LogP contribution in [0.25, 0.3) is 44.7 Å². The zero-order valence-corrected chi connectivity index (χ0v) is 35.8. The lowest BCUT2D eigenvalue weighted by Gasteiger charge is -2.30. The van der Waals surface area contributed by atoms with Crippen molar-refractivity contribution in [3.05, 3.63) is 90.2 Å². The molecule has 324 valence electrons.